The molecular formula is C32H24Cl2Zr. The van der Waals surface area contributed by atoms with Crippen LogP contribution in [0.15, 0.2) is 134 Å². The van der Waals surface area contributed by atoms with E-state index >= 15 is 0 Å². The third-order valence-corrected chi connectivity index (χ3v) is 5.65. The van der Waals surface area contributed by atoms with E-state index in [0.717, 1.165) is 22.3 Å². The van der Waals surface area contributed by atoms with E-state index in [1.807, 2.05) is 12.2 Å². The van der Waals surface area contributed by atoms with Gasteiger partial charge in [-0.2, -0.15) is 37.5 Å². The zero-order valence-corrected chi connectivity index (χ0v) is 23.2. The molecule has 0 atom stereocenters. The molecule has 170 valence electrons. The second-order valence-electron chi connectivity index (χ2n) is 7.85. The molecule has 0 aromatic heterocycles. The molecule has 0 aliphatic heterocycles. The molecule has 4 aromatic rings. The van der Waals surface area contributed by atoms with Gasteiger partial charge in [0.1, 0.15) is 0 Å². The van der Waals surface area contributed by atoms with Gasteiger partial charge in [0.05, 0.1) is 0 Å². The van der Waals surface area contributed by atoms with Crippen molar-refractivity contribution in [2.75, 3.05) is 0 Å². The molecule has 0 radical (unpaired) electrons. The summed E-state index contributed by atoms with van der Waals surface area (Å²) in [4.78, 5) is 0. The van der Waals surface area contributed by atoms with Gasteiger partial charge in [-0.3, -0.25) is 0 Å². The van der Waals surface area contributed by atoms with Crippen molar-refractivity contribution in [2.24, 2.45) is 0 Å². The monoisotopic (exact) mass is 568 g/mol. The molecule has 0 amide bonds. The molecule has 0 fully saturated rings. The van der Waals surface area contributed by atoms with E-state index in [-0.39, 0.29) is 51.0 Å². The average Bonchev–Trinajstić information content (AvgIpc) is 3.47. The van der Waals surface area contributed by atoms with Gasteiger partial charge in [0, 0.05) is 0 Å². The maximum atomic E-state index is 3.89. The summed E-state index contributed by atoms with van der Waals surface area (Å²) in [5.74, 6) is 0. The predicted molar refractivity (Wildman–Crippen MR) is 152 cm³/mol. The Hall–Kier alpha value is -2.70. The molecule has 2 aliphatic carbocycles. The van der Waals surface area contributed by atoms with Crippen LogP contribution in [0, 0.1) is 12.2 Å². The Labute approximate surface area is 239 Å². The number of allylic oxidation sites excluding steroid dienone is 10. The van der Waals surface area contributed by atoms with E-state index in [9.17, 15) is 0 Å². The van der Waals surface area contributed by atoms with Gasteiger partial charge in [0.15, 0.2) is 0 Å². The number of fused-ring (bicyclic) bond motifs is 2. The molecule has 0 saturated heterocycles. The van der Waals surface area contributed by atoms with Crippen LogP contribution < -0.4 is 0 Å². The first kappa shape index (κ1) is 28.5. The SMILES string of the molecule is C=C1[C-]=C(c2cccc3ccccc23)C=C1.C=C1[C-]=C(c2cccc3ccccc23)C=C1.Cl.Cl.[Zr+2]. The van der Waals surface area contributed by atoms with E-state index in [1.165, 1.54) is 32.7 Å². The molecule has 0 unspecified atom stereocenters. The van der Waals surface area contributed by atoms with Crippen molar-refractivity contribution < 1.29 is 26.2 Å². The summed E-state index contributed by atoms with van der Waals surface area (Å²) in [6.45, 7) is 7.78. The van der Waals surface area contributed by atoms with Crippen molar-refractivity contribution in [1.82, 2.24) is 0 Å². The fourth-order valence-corrected chi connectivity index (χ4v) is 4.12. The molecule has 6 rings (SSSR count). The average molecular weight is 571 g/mol. The molecular weight excluding hydrogens is 546 g/mol. The van der Waals surface area contributed by atoms with Crippen molar-refractivity contribution in [1.29, 1.82) is 0 Å². The van der Waals surface area contributed by atoms with Crippen LogP contribution in [-0.4, -0.2) is 0 Å². The quantitative estimate of drug-likeness (QED) is 0.211. The number of hydrogen-bond donors (Lipinski definition) is 0. The number of rotatable bonds is 2. The summed E-state index contributed by atoms with van der Waals surface area (Å²) in [6.07, 6.45) is 14.7. The third-order valence-electron chi connectivity index (χ3n) is 5.65. The Kier molecular flexibility index (Phi) is 10.5. The summed E-state index contributed by atoms with van der Waals surface area (Å²) in [5, 5.41) is 5.07. The molecule has 0 saturated carbocycles. The Morgan fingerprint density at radius 1 is 0.457 bits per heavy atom. The second kappa shape index (κ2) is 12.8. The third kappa shape index (κ3) is 6.30. The van der Waals surface area contributed by atoms with E-state index in [4.69, 9.17) is 0 Å². The molecule has 0 heterocycles. The van der Waals surface area contributed by atoms with Gasteiger partial charge < -0.3 is 0 Å². The minimum Gasteiger partial charge on any atom is -0.156 e. The number of hydrogen-bond acceptors (Lipinski definition) is 0. The van der Waals surface area contributed by atoms with Crippen LogP contribution in [-0.2, 0) is 26.2 Å². The molecule has 2 aliphatic rings. The summed E-state index contributed by atoms with van der Waals surface area (Å²) in [7, 11) is 0. The van der Waals surface area contributed by atoms with Crippen LogP contribution in [0.1, 0.15) is 11.1 Å². The molecule has 4 aromatic carbocycles. The Bertz CT molecular complexity index is 1380. The van der Waals surface area contributed by atoms with Crippen LogP contribution in [0.3, 0.4) is 0 Å². The van der Waals surface area contributed by atoms with Gasteiger partial charge in [-0.25, -0.2) is 0 Å². The van der Waals surface area contributed by atoms with E-state index < -0.39 is 0 Å². The summed E-state index contributed by atoms with van der Waals surface area (Å²) < 4.78 is 0. The smallest absolute Gasteiger partial charge is 0.156 e. The Morgan fingerprint density at radius 3 is 1.20 bits per heavy atom. The van der Waals surface area contributed by atoms with Crippen molar-refractivity contribution in [2.45, 2.75) is 0 Å². The minimum absolute atomic E-state index is 0. The Balaban J connectivity index is 0.000000227. The first-order valence-electron chi connectivity index (χ1n) is 10.7. The standard InChI is InChI=1S/2C16H11.2ClH.Zr/c2*1-12-9-10-14(11-12)16-8-4-6-13-5-2-3-7-15(13)16;;;/h2*2-10H,1H2;2*1H;/q2*-1;;;+2. The van der Waals surface area contributed by atoms with Crippen molar-refractivity contribution in [3.63, 3.8) is 0 Å². The van der Waals surface area contributed by atoms with Crippen LogP contribution in [0.2, 0.25) is 0 Å². The summed E-state index contributed by atoms with van der Waals surface area (Å²) >= 11 is 0. The first-order valence-corrected chi connectivity index (χ1v) is 10.7. The normalized spacial score (nSPS) is 13.3. The molecule has 35 heavy (non-hydrogen) atoms. The van der Waals surface area contributed by atoms with Crippen LogP contribution in [0.25, 0.3) is 32.7 Å². The minimum atomic E-state index is 0. The van der Waals surface area contributed by atoms with Crippen molar-refractivity contribution >= 4 is 57.5 Å². The largest absolute Gasteiger partial charge is 2.00 e. The topological polar surface area (TPSA) is 0 Å². The maximum absolute atomic E-state index is 3.89. The summed E-state index contributed by atoms with van der Waals surface area (Å²) in [6, 6.07) is 29.5. The van der Waals surface area contributed by atoms with Crippen LogP contribution >= 0.6 is 24.8 Å². The van der Waals surface area contributed by atoms with Gasteiger partial charge in [0.2, 0.25) is 0 Å². The molecule has 0 spiro atoms. The first-order chi connectivity index (χ1) is 15.7. The van der Waals surface area contributed by atoms with Crippen molar-refractivity contribution in [3.8, 4) is 0 Å². The van der Waals surface area contributed by atoms with Gasteiger partial charge in [0.25, 0.3) is 0 Å². The van der Waals surface area contributed by atoms with Gasteiger partial charge in [-0.15, -0.1) is 59.3 Å². The predicted octanol–water partition coefficient (Wildman–Crippen LogP) is 9.15. The number of halogens is 2. The van der Waals surface area contributed by atoms with Gasteiger partial charge in [-0.05, 0) is 21.5 Å². The van der Waals surface area contributed by atoms with Crippen molar-refractivity contribution in [3.05, 3.63) is 157 Å². The molecule has 0 N–H and O–H groups in total. The van der Waals surface area contributed by atoms with E-state index in [0.29, 0.717) is 0 Å². The molecule has 0 nitrogen and oxygen atoms in total. The molecule has 0 bridgehead atoms. The fourth-order valence-electron chi connectivity index (χ4n) is 4.12. The second-order valence-corrected chi connectivity index (χ2v) is 7.85. The zero-order valence-electron chi connectivity index (χ0n) is 19.1. The fraction of sp³-hybridized carbons (Fsp3) is 0. The van der Waals surface area contributed by atoms with E-state index in [2.05, 4.69) is 122 Å². The number of benzene rings is 4. The summed E-state index contributed by atoms with van der Waals surface area (Å²) in [5.41, 5.74) is 6.61. The van der Waals surface area contributed by atoms with Gasteiger partial charge in [-0.1, -0.05) is 96.1 Å². The maximum Gasteiger partial charge on any atom is 2.00 e. The molecule has 3 heteroatoms. The van der Waals surface area contributed by atoms with E-state index in [1.54, 1.807) is 0 Å². The van der Waals surface area contributed by atoms with Gasteiger partial charge >= 0.3 is 26.2 Å². The zero-order chi connectivity index (χ0) is 21.9. The van der Waals surface area contributed by atoms with Crippen LogP contribution in [0.5, 0.6) is 0 Å². The van der Waals surface area contributed by atoms with Crippen LogP contribution in [0.4, 0.5) is 0 Å². The Morgan fingerprint density at radius 2 is 0.829 bits per heavy atom.